The average Bonchev–Trinajstić information content (AvgIpc) is 3.36. The molecule has 0 saturated carbocycles. The highest BCUT2D eigenvalue weighted by Gasteiger charge is 2.10. The number of aliphatic imine (C=N–C) groups is 1. The second-order valence-electron chi connectivity index (χ2n) is 6.06. The standard InChI is InChI=1S/C19H22ClN5OS.HI/c1-3-21-19(22-10-13(2)15-7-8-27-12-15)23-11-17-24-18(25-26-17)14-5-4-6-16(20)9-14;/h4-9,12-13H,3,10-11H2,1-2H3,(H2,21,22,23);1H. The molecule has 1 atom stereocenters. The first-order valence-electron chi connectivity index (χ1n) is 8.78. The largest absolute Gasteiger partial charge is 0.357 e. The molecule has 1 aromatic carbocycles. The van der Waals surface area contributed by atoms with Gasteiger partial charge in [-0.25, -0.2) is 4.99 Å². The molecule has 3 aromatic rings. The molecule has 6 nitrogen and oxygen atoms in total. The minimum atomic E-state index is 0. The van der Waals surface area contributed by atoms with Crippen LogP contribution in [0.4, 0.5) is 0 Å². The van der Waals surface area contributed by atoms with Gasteiger partial charge >= 0.3 is 0 Å². The van der Waals surface area contributed by atoms with Crippen molar-refractivity contribution >= 4 is 52.9 Å². The Bertz CT molecular complexity index is 884. The summed E-state index contributed by atoms with van der Waals surface area (Å²) in [4.78, 5) is 8.93. The Morgan fingerprint density at radius 3 is 2.89 bits per heavy atom. The molecular weight excluding hydrogens is 509 g/mol. The van der Waals surface area contributed by atoms with Gasteiger partial charge in [-0.15, -0.1) is 24.0 Å². The third-order valence-electron chi connectivity index (χ3n) is 3.96. The van der Waals surface area contributed by atoms with Gasteiger partial charge < -0.3 is 15.2 Å². The van der Waals surface area contributed by atoms with Crippen LogP contribution >= 0.6 is 46.9 Å². The van der Waals surface area contributed by atoms with Gasteiger partial charge in [0, 0.05) is 23.7 Å². The smallest absolute Gasteiger partial charge is 0.248 e. The van der Waals surface area contributed by atoms with Crippen LogP contribution in [0, 0.1) is 0 Å². The topological polar surface area (TPSA) is 75.3 Å². The van der Waals surface area contributed by atoms with E-state index in [4.69, 9.17) is 16.1 Å². The Balaban J connectivity index is 0.00000280. The molecule has 28 heavy (non-hydrogen) atoms. The molecular formula is C19H23ClIN5OS. The van der Waals surface area contributed by atoms with E-state index in [1.165, 1.54) is 5.56 Å². The van der Waals surface area contributed by atoms with Crippen LogP contribution in [0.3, 0.4) is 0 Å². The van der Waals surface area contributed by atoms with Gasteiger partial charge in [-0.3, -0.25) is 0 Å². The fourth-order valence-electron chi connectivity index (χ4n) is 2.48. The predicted octanol–water partition coefficient (Wildman–Crippen LogP) is 4.93. The number of benzene rings is 1. The molecule has 2 heterocycles. The van der Waals surface area contributed by atoms with Crippen LogP contribution in [-0.2, 0) is 6.54 Å². The number of nitrogens with one attached hydrogen (secondary N) is 2. The molecule has 2 aromatic heterocycles. The summed E-state index contributed by atoms with van der Waals surface area (Å²) in [5.74, 6) is 2.08. The van der Waals surface area contributed by atoms with Crippen molar-refractivity contribution in [3.05, 3.63) is 57.6 Å². The highest BCUT2D eigenvalue weighted by atomic mass is 127. The molecule has 150 valence electrons. The molecule has 1 unspecified atom stereocenters. The lowest BCUT2D eigenvalue weighted by atomic mass is 10.1. The summed E-state index contributed by atoms with van der Waals surface area (Å²) in [6.45, 7) is 6.09. The van der Waals surface area contributed by atoms with Gasteiger partial charge in [0.1, 0.15) is 6.54 Å². The summed E-state index contributed by atoms with van der Waals surface area (Å²) >= 11 is 7.72. The number of guanidine groups is 1. The van der Waals surface area contributed by atoms with Crippen molar-refractivity contribution in [2.45, 2.75) is 26.3 Å². The molecule has 0 radical (unpaired) electrons. The molecule has 0 fully saturated rings. The quantitative estimate of drug-likeness (QED) is 0.257. The van der Waals surface area contributed by atoms with Crippen LogP contribution in [0.15, 0.2) is 50.6 Å². The summed E-state index contributed by atoms with van der Waals surface area (Å²) in [5, 5.41) is 15.5. The van der Waals surface area contributed by atoms with Gasteiger partial charge in [-0.05, 0) is 47.4 Å². The van der Waals surface area contributed by atoms with Gasteiger partial charge in [0.05, 0.1) is 0 Å². The normalized spacial score (nSPS) is 12.3. The van der Waals surface area contributed by atoms with Crippen LogP contribution in [0.5, 0.6) is 0 Å². The number of thiophene rings is 1. The summed E-state index contributed by atoms with van der Waals surface area (Å²) in [6.07, 6.45) is 0. The van der Waals surface area contributed by atoms with E-state index >= 15 is 0 Å². The lowest BCUT2D eigenvalue weighted by Gasteiger charge is -2.14. The molecule has 3 rings (SSSR count). The van der Waals surface area contributed by atoms with Gasteiger partial charge in [-0.2, -0.15) is 16.3 Å². The van der Waals surface area contributed by atoms with Crippen LogP contribution in [-0.4, -0.2) is 29.2 Å². The monoisotopic (exact) mass is 531 g/mol. The Labute approximate surface area is 190 Å². The summed E-state index contributed by atoms with van der Waals surface area (Å²) < 4.78 is 5.31. The van der Waals surface area contributed by atoms with E-state index in [9.17, 15) is 0 Å². The van der Waals surface area contributed by atoms with Crippen LogP contribution in [0.1, 0.15) is 31.2 Å². The molecule has 0 aliphatic rings. The zero-order valence-corrected chi connectivity index (χ0v) is 19.6. The van der Waals surface area contributed by atoms with E-state index in [1.54, 1.807) is 17.4 Å². The van der Waals surface area contributed by atoms with E-state index in [1.807, 2.05) is 25.1 Å². The molecule has 0 amide bonds. The SMILES string of the molecule is CCNC(=NCc1nc(-c2cccc(Cl)c2)no1)NCC(C)c1ccsc1.I. The zero-order chi connectivity index (χ0) is 19.1. The van der Waals surface area contributed by atoms with Gasteiger partial charge in [0.15, 0.2) is 5.96 Å². The molecule has 9 heteroatoms. The van der Waals surface area contributed by atoms with Crippen molar-refractivity contribution in [1.29, 1.82) is 0 Å². The summed E-state index contributed by atoms with van der Waals surface area (Å²) in [5.41, 5.74) is 2.14. The fourth-order valence-corrected chi connectivity index (χ4v) is 3.45. The maximum absolute atomic E-state index is 6.01. The molecule has 0 aliphatic carbocycles. The Hall–Kier alpha value is -1.65. The lowest BCUT2D eigenvalue weighted by molar-refractivity contribution is 0.380. The van der Waals surface area contributed by atoms with Gasteiger partial charge in [0.2, 0.25) is 11.7 Å². The number of hydrogen-bond donors (Lipinski definition) is 2. The Morgan fingerprint density at radius 1 is 1.32 bits per heavy atom. The third-order valence-corrected chi connectivity index (χ3v) is 4.89. The maximum atomic E-state index is 6.01. The van der Waals surface area contributed by atoms with Crippen molar-refractivity contribution in [1.82, 2.24) is 20.8 Å². The number of rotatable bonds is 7. The van der Waals surface area contributed by atoms with E-state index in [0.717, 1.165) is 24.6 Å². The van der Waals surface area contributed by atoms with Crippen molar-refractivity contribution < 1.29 is 4.52 Å². The number of nitrogens with zero attached hydrogens (tertiary/aromatic N) is 3. The van der Waals surface area contributed by atoms with E-state index < -0.39 is 0 Å². The zero-order valence-electron chi connectivity index (χ0n) is 15.7. The fraction of sp³-hybridized carbons (Fsp3) is 0.316. The highest BCUT2D eigenvalue weighted by molar-refractivity contribution is 14.0. The van der Waals surface area contributed by atoms with E-state index in [2.05, 4.69) is 49.5 Å². The van der Waals surface area contributed by atoms with Crippen LogP contribution in [0.2, 0.25) is 5.02 Å². The molecule has 0 bridgehead atoms. The molecule has 2 N–H and O–H groups in total. The molecule has 0 aliphatic heterocycles. The maximum Gasteiger partial charge on any atom is 0.248 e. The highest BCUT2D eigenvalue weighted by Crippen LogP contribution is 2.20. The molecule has 0 spiro atoms. The first-order chi connectivity index (χ1) is 13.2. The van der Waals surface area contributed by atoms with E-state index in [-0.39, 0.29) is 24.0 Å². The molecule has 0 saturated heterocycles. The average molecular weight is 532 g/mol. The van der Waals surface area contributed by atoms with Crippen molar-refractivity contribution in [3.63, 3.8) is 0 Å². The number of halogens is 2. The van der Waals surface area contributed by atoms with Crippen molar-refractivity contribution in [2.75, 3.05) is 13.1 Å². The Morgan fingerprint density at radius 2 is 2.18 bits per heavy atom. The second-order valence-corrected chi connectivity index (χ2v) is 7.27. The summed E-state index contributed by atoms with van der Waals surface area (Å²) in [7, 11) is 0. The van der Waals surface area contributed by atoms with Crippen molar-refractivity contribution in [3.8, 4) is 11.4 Å². The van der Waals surface area contributed by atoms with E-state index in [0.29, 0.717) is 29.2 Å². The van der Waals surface area contributed by atoms with Crippen LogP contribution in [0.25, 0.3) is 11.4 Å². The first kappa shape index (κ1) is 22.6. The first-order valence-corrected chi connectivity index (χ1v) is 10.1. The van der Waals surface area contributed by atoms with Crippen LogP contribution < -0.4 is 10.6 Å². The van der Waals surface area contributed by atoms with Crippen molar-refractivity contribution in [2.24, 2.45) is 4.99 Å². The third kappa shape index (κ3) is 6.46. The number of aromatic nitrogens is 2. The Kier molecular flexibility index (Phi) is 9.20. The summed E-state index contributed by atoms with van der Waals surface area (Å²) in [6, 6.07) is 9.50. The second kappa shape index (κ2) is 11.4. The lowest BCUT2D eigenvalue weighted by Crippen LogP contribution is -2.39. The predicted molar refractivity (Wildman–Crippen MR) is 126 cm³/mol. The minimum absolute atomic E-state index is 0. The van der Waals surface area contributed by atoms with Gasteiger partial charge in [-0.1, -0.05) is 35.8 Å². The number of hydrogen-bond acceptors (Lipinski definition) is 5. The van der Waals surface area contributed by atoms with Gasteiger partial charge in [0.25, 0.3) is 0 Å². The minimum Gasteiger partial charge on any atom is -0.357 e.